The van der Waals surface area contributed by atoms with E-state index < -0.39 is 0 Å². The van der Waals surface area contributed by atoms with E-state index in [4.69, 9.17) is 0 Å². The minimum Gasteiger partial charge on any atom is -0.355 e. The lowest BCUT2D eigenvalue weighted by atomic mass is 10.2. The molecule has 1 atom stereocenters. The zero-order chi connectivity index (χ0) is 15.1. The van der Waals surface area contributed by atoms with E-state index >= 15 is 0 Å². The highest BCUT2D eigenvalue weighted by Crippen LogP contribution is 2.09. The van der Waals surface area contributed by atoms with Crippen molar-refractivity contribution in [3.05, 3.63) is 30.1 Å². The predicted molar refractivity (Wildman–Crippen MR) is 83.8 cm³/mol. The van der Waals surface area contributed by atoms with Gasteiger partial charge in [-0.2, -0.15) is 0 Å². The molecule has 21 heavy (non-hydrogen) atoms. The quantitative estimate of drug-likeness (QED) is 0.853. The first-order chi connectivity index (χ1) is 10.2. The van der Waals surface area contributed by atoms with E-state index in [0.717, 1.165) is 51.4 Å². The first kappa shape index (κ1) is 15.9. The number of nitrogens with zero attached hydrogens (tertiary/aromatic N) is 3. The molecule has 2 rings (SSSR count). The van der Waals surface area contributed by atoms with Crippen molar-refractivity contribution in [1.29, 1.82) is 0 Å². The molecule has 1 fully saturated rings. The second-order valence-electron chi connectivity index (χ2n) is 5.60. The van der Waals surface area contributed by atoms with Crippen molar-refractivity contribution < 1.29 is 4.79 Å². The lowest BCUT2D eigenvalue weighted by molar-refractivity contribution is -0.126. The van der Waals surface area contributed by atoms with Crippen LogP contribution in [0.5, 0.6) is 0 Å². The summed E-state index contributed by atoms with van der Waals surface area (Å²) < 4.78 is 0. The third kappa shape index (κ3) is 4.79. The molecule has 2 heterocycles. The number of piperazine rings is 1. The molecule has 1 amide bonds. The monoisotopic (exact) mass is 290 g/mol. The van der Waals surface area contributed by atoms with Crippen LogP contribution in [0.2, 0.25) is 0 Å². The Kier molecular flexibility index (Phi) is 6.14. The molecule has 0 aromatic carbocycles. The van der Waals surface area contributed by atoms with Gasteiger partial charge in [0.05, 0.1) is 11.7 Å². The van der Waals surface area contributed by atoms with Gasteiger partial charge in [-0.1, -0.05) is 13.0 Å². The lowest BCUT2D eigenvalue weighted by Crippen LogP contribution is -2.53. The van der Waals surface area contributed by atoms with Gasteiger partial charge >= 0.3 is 0 Å². The summed E-state index contributed by atoms with van der Waals surface area (Å²) >= 11 is 0. The molecule has 0 aliphatic carbocycles. The Morgan fingerprint density at radius 3 is 2.71 bits per heavy atom. The molecule has 0 bridgehead atoms. The van der Waals surface area contributed by atoms with Gasteiger partial charge in [-0.05, 0) is 25.5 Å². The Balaban J connectivity index is 1.76. The minimum atomic E-state index is -0.0337. The first-order valence-corrected chi connectivity index (χ1v) is 7.84. The summed E-state index contributed by atoms with van der Waals surface area (Å²) in [5.74, 6) is 0.148. The van der Waals surface area contributed by atoms with Gasteiger partial charge in [0.15, 0.2) is 0 Å². The molecule has 0 spiro atoms. The van der Waals surface area contributed by atoms with Crippen LogP contribution < -0.4 is 5.32 Å². The molecule has 1 saturated heterocycles. The van der Waals surface area contributed by atoms with Crippen LogP contribution in [0, 0.1) is 0 Å². The van der Waals surface area contributed by atoms with Crippen LogP contribution in [0.3, 0.4) is 0 Å². The van der Waals surface area contributed by atoms with Gasteiger partial charge in [-0.15, -0.1) is 0 Å². The van der Waals surface area contributed by atoms with E-state index in [9.17, 15) is 4.79 Å². The highest BCUT2D eigenvalue weighted by atomic mass is 16.2. The lowest BCUT2D eigenvalue weighted by Gasteiger charge is -2.37. The molecule has 1 aromatic rings. The molecule has 1 aliphatic heterocycles. The smallest absolute Gasteiger partial charge is 0.237 e. The molecular formula is C16H26N4O. The van der Waals surface area contributed by atoms with Crippen LogP contribution >= 0.6 is 0 Å². The van der Waals surface area contributed by atoms with Crippen molar-refractivity contribution in [2.75, 3.05) is 32.7 Å². The minimum absolute atomic E-state index is 0.0337. The summed E-state index contributed by atoms with van der Waals surface area (Å²) in [6, 6.07) is 6.00. The second kappa shape index (κ2) is 8.10. The van der Waals surface area contributed by atoms with E-state index in [-0.39, 0.29) is 11.9 Å². The van der Waals surface area contributed by atoms with Gasteiger partial charge in [0.2, 0.25) is 5.91 Å². The zero-order valence-electron chi connectivity index (χ0n) is 13.1. The average Bonchev–Trinajstić information content (AvgIpc) is 2.53. The summed E-state index contributed by atoms with van der Waals surface area (Å²) in [4.78, 5) is 21.0. The topological polar surface area (TPSA) is 48.5 Å². The molecular weight excluding hydrogens is 264 g/mol. The fourth-order valence-electron chi connectivity index (χ4n) is 2.59. The highest BCUT2D eigenvalue weighted by molar-refractivity contribution is 5.81. The van der Waals surface area contributed by atoms with Crippen LogP contribution in [-0.4, -0.2) is 59.5 Å². The van der Waals surface area contributed by atoms with Crippen molar-refractivity contribution in [2.24, 2.45) is 0 Å². The molecule has 1 aliphatic rings. The first-order valence-electron chi connectivity index (χ1n) is 7.84. The zero-order valence-corrected chi connectivity index (χ0v) is 13.1. The second-order valence-corrected chi connectivity index (χ2v) is 5.60. The third-order valence-electron chi connectivity index (χ3n) is 4.00. The number of carbonyl (C=O) groups is 1. The largest absolute Gasteiger partial charge is 0.355 e. The van der Waals surface area contributed by atoms with Gasteiger partial charge < -0.3 is 5.32 Å². The Morgan fingerprint density at radius 1 is 1.33 bits per heavy atom. The van der Waals surface area contributed by atoms with Gasteiger partial charge in [0, 0.05) is 45.5 Å². The number of nitrogens with one attached hydrogen (secondary N) is 1. The van der Waals surface area contributed by atoms with Crippen molar-refractivity contribution in [3.63, 3.8) is 0 Å². The van der Waals surface area contributed by atoms with E-state index in [0.29, 0.717) is 0 Å². The summed E-state index contributed by atoms with van der Waals surface area (Å²) in [6.07, 6.45) is 2.82. The van der Waals surface area contributed by atoms with E-state index in [1.54, 1.807) is 0 Å². The van der Waals surface area contributed by atoms with Gasteiger partial charge in [-0.25, -0.2) is 0 Å². The standard InChI is InChI=1S/C16H26N4O/c1-3-7-18-16(21)14(2)20-11-9-19(10-12-20)13-15-6-4-5-8-17-15/h4-6,8,14H,3,7,9-13H2,1-2H3,(H,18,21). The number of amides is 1. The van der Waals surface area contributed by atoms with Crippen LogP contribution in [0.25, 0.3) is 0 Å². The van der Waals surface area contributed by atoms with E-state index in [1.807, 2.05) is 25.3 Å². The Bertz CT molecular complexity index is 429. The maximum atomic E-state index is 12.0. The maximum Gasteiger partial charge on any atom is 0.237 e. The van der Waals surface area contributed by atoms with Crippen LogP contribution in [-0.2, 0) is 11.3 Å². The third-order valence-corrected chi connectivity index (χ3v) is 4.00. The van der Waals surface area contributed by atoms with Crippen molar-refractivity contribution >= 4 is 5.91 Å². The number of pyridine rings is 1. The molecule has 116 valence electrons. The summed E-state index contributed by atoms with van der Waals surface area (Å²) in [7, 11) is 0. The Labute approximate surface area is 127 Å². The molecule has 5 heteroatoms. The molecule has 1 N–H and O–H groups in total. The van der Waals surface area contributed by atoms with Crippen LogP contribution in [0.1, 0.15) is 26.0 Å². The van der Waals surface area contributed by atoms with Crippen LogP contribution in [0.4, 0.5) is 0 Å². The maximum absolute atomic E-state index is 12.0. The number of hydrogen-bond donors (Lipinski definition) is 1. The van der Waals surface area contributed by atoms with Crippen molar-refractivity contribution in [2.45, 2.75) is 32.9 Å². The molecule has 0 radical (unpaired) electrons. The van der Waals surface area contributed by atoms with E-state index in [1.165, 1.54) is 0 Å². The summed E-state index contributed by atoms with van der Waals surface area (Å²) in [5, 5.41) is 2.98. The number of rotatable bonds is 6. The number of carbonyl (C=O) groups excluding carboxylic acids is 1. The van der Waals surface area contributed by atoms with Gasteiger partial charge in [-0.3, -0.25) is 19.6 Å². The average molecular weight is 290 g/mol. The normalized spacial score (nSPS) is 18.4. The number of hydrogen-bond acceptors (Lipinski definition) is 4. The van der Waals surface area contributed by atoms with Gasteiger partial charge in [0.25, 0.3) is 0 Å². The SMILES string of the molecule is CCCNC(=O)C(C)N1CCN(Cc2ccccn2)CC1. The molecule has 0 saturated carbocycles. The van der Waals surface area contributed by atoms with Gasteiger partial charge in [0.1, 0.15) is 0 Å². The predicted octanol–water partition coefficient (Wildman–Crippen LogP) is 1.11. The highest BCUT2D eigenvalue weighted by Gasteiger charge is 2.25. The summed E-state index contributed by atoms with van der Waals surface area (Å²) in [6.45, 7) is 9.58. The van der Waals surface area contributed by atoms with Crippen molar-refractivity contribution in [3.8, 4) is 0 Å². The van der Waals surface area contributed by atoms with Crippen LogP contribution in [0.15, 0.2) is 24.4 Å². The fourth-order valence-corrected chi connectivity index (χ4v) is 2.59. The molecule has 5 nitrogen and oxygen atoms in total. The fraction of sp³-hybridized carbons (Fsp3) is 0.625. The summed E-state index contributed by atoms with van der Waals surface area (Å²) in [5.41, 5.74) is 1.11. The Hall–Kier alpha value is -1.46. The number of aromatic nitrogens is 1. The molecule has 1 aromatic heterocycles. The van der Waals surface area contributed by atoms with E-state index in [2.05, 4.69) is 33.1 Å². The Morgan fingerprint density at radius 2 is 2.10 bits per heavy atom. The molecule has 1 unspecified atom stereocenters. The van der Waals surface area contributed by atoms with Crippen molar-refractivity contribution in [1.82, 2.24) is 20.1 Å².